The average Bonchev–Trinajstić information content (AvgIpc) is 2.65. The lowest BCUT2D eigenvalue weighted by atomic mass is 10.0. The van der Waals surface area contributed by atoms with Gasteiger partial charge in [-0.1, -0.05) is 27.2 Å². The van der Waals surface area contributed by atoms with Crippen molar-refractivity contribution >= 4 is 11.9 Å². The SMILES string of the molecule is CCN1CCCCC1CNC(=NC)NC1CCN(C(=O)C(C)C)CC1. The number of nitrogens with one attached hydrogen (secondary N) is 2. The molecule has 2 saturated heterocycles. The van der Waals surface area contributed by atoms with E-state index in [1.807, 2.05) is 25.8 Å². The van der Waals surface area contributed by atoms with Crippen molar-refractivity contribution in [2.45, 2.75) is 65.0 Å². The molecule has 0 radical (unpaired) electrons. The first-order valence-corrected chi connectivity index (χ1v) is 10.0. The highest BCUT2D eigenvalue weighted by atomic mass is 16.2. The number of guanidine groups is 1. The van der Waals surface area contributed by atoms with Crippen molar-refractivity contribution in [2.24, 2.45) is 10.9 Å². The first-order valence-electron chi connectivity index (χ1n) is 10.0. The standard InChI is InChI=1S/C19H37N5O/c1-5-23-11-7-6-8-17(23)14-21-19(20-4)22-16-9-12-24(13-10-16)18(25)15(2)3/h15-17H,5-14H2,1-4H3,(H2,20,21,22). The molecule has 2 aliphatic heterocycles. The van der Waals surface area contributed by atoms with Crippen LogP contribution in [0.2, 0.25) is 0 Å². The van der Waals surface area contributed by atoms with Crippen molar-refractivity contribution in [3.8, 4) is 0 Å². The quantitative estimate of drug-likeness (QED) is 0.584. The summed E-state index contributed by atoms with van der Waals surface area (Å²) in [5.41, 5.74) is 0. The Labute approximate surface area is 153 Å². The van der Waals surface area contributed by atoms with Crippen LogP contribution in [0.15, 0.2) is 4.99 Å². The largest absolute Gasteiger partial charge is 0.355 e. The number of carbonyl (C=O) groups excluding carboxylic acids is 1. The van der Waals surface area contributed by atoms with Crippen LogP contribution in [0.25, 0.3) is 0 Å². The number of nitrogens with zero attached hydrogens (tertiary/aromatic N) is 3. The molecular weight excluding hydrogens is 314 g/mol. The maximum Gasteiger partial charge on any atom is 0.225 e. The Hall–Kier alpha value is -1.30. The molecule has 2 N–H and O–H groups in total. The van der Waals surface area contributed by atoms with E-state index in [9.17, 15) is 4.79 Å². The number of piperidine rings is 2. The van der Waals surface area contributed by atoms with Crippen molar-refractivity contribution in [2.75, 3.05) is 39.8 Å². The summed E-state index contributed by atoms with van der Waals surface area (Å²) in [5, 5.41) is 7.07. The van der Waals surface area contributed by atoms with Gasteiger partial charge in [0, 0.05) is 44.7 Å². The molecule has 2 rings (SSSR count). The molecule has 6 nitrogen and oxygen atoms in total. The third kappa shape index (κ3) is 5.87. The van der Waals surface area contributed by atoms with Gasteiger partial charge in [0.15, 0.2) is 5.96 Å². The van der Waals surface area contributed by atoms with Crippen LogP contribution in [0, 0.1) is 5.92 Å². The van der Waals surface area contributed by atoms with Crippen molar-refractivity contribution < 1.29 is 4.79 Å². The molecule has 2 fully saturated rings. The Morgan fingerprint density at radius 2 is 1.88 bits per heavy atom. The summed E-state index contributed by atoms with van der Waals surface area (Å²) in [4.78, 5) is 21.0. The molecule has 0 aromatic carbocycles. The summed E-state index contributed by atoms with van der Waals surface area (Å²) in [6.07, 6.45) is 5.91. The van der Waals surface area contributed by atoms with Crippen molar-refractivity contribution in [1.82, 2.24) is 20.4 Å². The number of likely N-dealkylation sites (tertiary alicyclic amines) is 2. The van der Waals surface area contributed by atoms with Crippen LogP contribution in [-0.2, 0) is 4.79 Å². The van der Waals surface area contributed by atoms with Gasteiger partial charge in [-0.2, -0.15) is 0 Å². The number of amides is 1. The fraction of sp³-hybridized carbons (Fsp3) is 0.895. The van der Waals surface area contributed by atoms with E-state index in [0.29, 0.717) is 12.1 Å². The van der Waals surface area contributed by atoms with Crippen molar-refractivity contribution in [1.29, 1.82) is 0 Å². The van der Waals surface area contributed by atoms with Gasteiger partial charge in [-0.05, 0) is 38.8 Å². The maximum absolute atomic E-state index is 12.1. The lowest BCUT2D eigenvalue weighted by molar-refractivity contribution is -0.135. The molecule has 0 aliphatic carbocycles. The number of aliphatic imine (C=N–C) groups is 1. The molecule has 0 aromatic rings. The predicted octanol–water partition coefficient (Wildman–Crippen LogP) is 1.67. The van der Waals surface area contributed by atoms with Gasteiger partial charge in [-0.15, -0.1) is 0 Å². The monoisotopic (exact) mass is 351 g/mol. The summed E-state index contributed by atoms with van der Waals surface area (Å²) < 4.78 is 0. The van der Waals surface area contributed by atoms with Gasteiger partial charge in [0.25, 0.3) is 0 Å². The summed E-state index contributed by atoms with van der Waals surface area (Å²) >= 11 is 0. The van der Waals surface area contributed by atoms with E-state index in [-0.39, 0.29) is 11.8 Å². The Morgan fingerprint density at radius 3 is 2.48 bits per heavy atom. The molecule has 0 saturated carbocycles. The molecule has 144 valence electrons. The average molecular weight is 352 g/mol. The van der Waals surface area contributed by atoms with Gasteiger partial charge in [0.2, 0.25) is 5.91 Å². The molecule has 0 spiro atoms. The summed E-state index contributed by atoms with van der Waals surface area (Å²) in [6.45, 7) is 11.2. The van der Waals surface area contributed by atoms with Gasteiger partial charge in [-0.3, -0.25) is 14.7 Å². The van der Waals surface area contributed by atoms with E-state index in [1.54, 1.807) is 0 Å². The zero-order valence-electron chi connectivity index (χ0n) is 16.6. The van der Waals surface area contributed by atoms with E-state index in [4.69, 9.17) is 0 Å². The zero-order valence-corrected chi connectivity index (χ0v) is 16.6. The fourth-order valence-electron chi connectivity index (χ4n) is 3.92. The highest BCUT2D eigenvalue weighted by molar-refractivity contribution is 5.80. The van der Waals surface area contributed by atoms with E-state index < -0.39 is 0 Å². The number of rotatable bonds is 5. The lowest BCUT2D eigenvalue weighted by Crippen LogP contribution is -2.53. The molecule has 0 bridgehead atoms. The second-order valence-electron chi connectivity index (χ2n) is 7.63. The molecule has 2 heterocycles. The number of carbonyl (C=O) groups is 1. The maximum atomic E-state index is 12.1. The normalized spacial score (nSPS) is 23.8. The minimum absolute atomic E-state index is 0.0935. The third-order valence-corrected chi connectivity index (χ3v) is 5.53. The van der Waals surface area contributed by atoms with Crippen LogP contribution < -0.4 is 10.6 Å². The summed E-state index contributed by atoms with van der Waals surface area (Å²) in [5.74, 6) is 1.27. The van der Waals surface area contributed by atoms with Gasteiger partial charge < -0.3 is 15.5 Å². The van der Waals surface area contributed by atoms with Crippen LogP contribution in [0.1, 0.15) is 52.9 Å². The van der Waals surface area contributed by atoms with E-state index in [1.165, 1.54) is 25.8 Å². The minimum atomic E-state index is 0.0935. The molecule has 1 unspecified atom stereocenters. The Bertz CT molecular complexity index is 443. The topological polar surface area (TPSA) is 60.0 Å². The van der Waals surface area contributed by atoms with Crippen LogP contribution in [0.4, 0.5) is 0 Å². The number of hydrogen-bond donors (Lipinski definition) is 2. The van der Waals surface area contributed by atoms with Gasteiger partial charge in [-0.25, -0.2) is 0 Å². The summed E-state index contributed by atoms with van der Waals surface area (Å²) in [6, 6.07) is 1.01. The van der Waals surface area contributed by atoms with Gasteiger partial charge in [0.05, 0.1) is 0 Å². The van der Waals surface area contributed by atoms with Crippen LogP contribution >= 0.6 is 0 Å². The smallest absolute Gasteiger partial charge is 0.225 e. The second kappa shape index (κ2) is 10.00. The van der Waals surface area contributed by atoms with Gasteiger partial charge >= 0.3 is 0 Å². The first kappa shape index (κ1) is 20.0. The Kier molecular flexibility index (Phi) is 8.00. The number of likely N-dealkylation sites (N-methyl/N-ethyl adjacent to an activating group) is 1. The Balaban J connectivity index is 1.74. The van der Waals surface area contributed by atoms with Crippen molar-refractivity contribution in [3.63, 3.8) is 0 Å². The van der Waals surface area contributed by atoms with E-state index in [0.717, 1.165) is 45.0 Å². The zero-order chi connectivity index (χ0) is 18.2. The number of hydrogen-bond acceptors (Lipinski definition) is 3. The van der Waals surface area contributed by atoms with E-state index in [2.05, 4.69) is 27.4 Å². The minimum Gasteiger partial charge on any atom is -0.355 e. The second-order valence-corrected chi connectivity index (χ2v) is 7.63. The third-order valence-electron chi connectivity index (χ3n) is 5.53. The fourth-order valence-corrected chi connectivity index (χ4v) is 3.92. The highest BCUT2D eigenvalue weighted by Gasteiger charge is 2.25. The first-order chi connectivity index (χ1) is 12.0. The lowest BCUT2D eigenvalue weighted by Gasteiger charge is -2.36. The van der Waals surface area contributed by atoms with Crippen LogP contribution in [-0.4, -0.2) is 73.5 Å². The molecule has 2 aliphatic rings. The molecule has 1 atom stereocenters. The highest BCUT2D eigenvalue weighted by Crippen LogP contribution is 2.16. The molecule has 1 amide bonds. The molecular formula is C19H37N5O. The molecule has 25 heavy (non-hydrogen) atoms. The summed E-state index contributed by atoms with van der Waals surface area (Å²) in [7, 11) is 1.84. The Morgan fingerprint density at radius 1 is 1.16 bits per heavy atom. The molecule has 0 aromatic heterocycles. The molecule has 6 heteroatoms. The predicted molar refractivity (Wildman–Crippen MR) is 104 cm³/mol. The van der Waals surface area contributed by atoms with Crippen molar-refractivity contribution in [3.05, 3.63) is 0 Å². The van der Waals surface area contributed by atoms with Crippen LogP contribution in [0.5, 0.6) is 0 Å². The van der Waals surface area contributed by atoms with Crippen LogP contribution in [0.3, 0.4) is 0 Å². The van der Waals surface area contributed by atoms with Gasteiger partial charge in [0.1, 0.15) is 0 Å². The van der Waals surface area contributed by atoms with E-state index >= 15 is 0 Å².